The summed E-state index contributed by atoms with van der Waals surface area (Å²) in [5.74, 6) is 0.564. The normalized spacial score (nSPS) is 11.6. The summed E-state index contributed by atoms with van der Waals surface area (Å²) >= 11 is 1.62. The number of thiophene rings is 1. The number of nitrogens with one attached hydrogen (secondary N) is 1. The minimum absolute atomic E-state index is 0.564. The third-order valence-corrected chi connectivity index (χ3v) is 5.61. The standard InChI is InChI=1S/C20H18N2O2S2/c1-4-14-10-17(12-21-18(14)5-2)22-26(23)20-11-15(6-7-19(20)24-3)16-8-9-25-13-16/h4-13,22H,1-2H2,3H3. The largest absolute Gasteiger partial charge is 0.495 e. The molecule has 0 amide bonds. The van der Waals surface area contributed by atoms with Crippen LogP contribution in [-0.2, 0) is 11.0 Å². The van der Waals surface area contributed by atoms with Crippen molar-refractivity contribution in [2.45, 2.75) is 4.90 Å². The molecule has 26 heavy (non-hydrogen) atoms. The molecule has 3 rings (SSSR count). The molecule has 1 atom stereocenters. The number of pyridine rings is 1. The molecule has 0 saturated heterocycles. The summed E-state index contributed by atoms with van der Waals surface area (Å²) < 4.78 is 21.3. The summed E-state index contributed by atoms with van der Waals surface area (Å²) in [5.41, 5.74) is 4.26. The Bertz CT molecular complexity index is 966. The Morgan fingerprint density at radius 3 is 2.69 bits per heavy atom. The molecule has 0 aliphatic heterocycles. The van der Waals surface area contributed by atoms with E-state index in [9.17, 15) is 4.21 Å². The average Bonchev–Trinajstić information content (AvgIpc) is 3.22. The van der Waals surface area contributed by atoms with Crippen molar-refractivity contribution in [2.75, 3.05) is 11.8 Å². The first kappa shape index (κ1) is 18.1. The number of anilines is 1. The molecule has 0 bridgehead atoms. The predicted molar refractivity (Wildman–Crippen MR) is 111 cm³/mol. The number of hydrogen-bond donors (Lipinski definition) is 1. The van der Waals surface area contributed by atoms with Gasteiger partial charge in [0.25, 0.3) is 0 Å². The Kier molecular flexibility index (Phi) is 5.65. The van der Waals surface area contributed by atoms with E-state index in [1.54, 1.807) is 36.8 Å². The van der Waals surface area contributed by atoms with Gasteiger partial charge in [-0.2, -0.15) is 11.3 Å². The fraction of sp³-hybridized carbons (Fsp3) is 0.0500. The Balaban J connectivity index is 1.93. The second-order valence-electron chi connectivity index (χ2n) is 5.36. The Morgan fingerprint density at radius 2 is 2.04 bits per heavy atom. The monoisotopic (exact) mass is 382 g/mol. The van der Waals surface area contributed by atoms with Gasteiger partial charge in [-0.25, -0.2) is 4.21 Å². The van der Waals surface area contributed by atoms with Crippen LogP contribution in [-0.4, -0.2) is 16.3 Å². The van der Waals surface area contributed by atoms with Gasteiger partial charge in [0.2, 0.25) is 0 Å². The van der Waals surface area contributed by atoms with Gasteiger partial charge in [0.15, 0.2) is 11.0 Å². The zero-order chi connectivity index (χ0) is 18.5. The lowest BCUT2D eigenvalue weighted by Crippen LogP contribution is -2.07. The minimum atomic E-state index is -1.51. The molecule has 1 N–H and O–H groups in total. The van der Waals surface area contributed by atoms with Crippen LogP contribution in [0.3, 0.4) is 0 Å². The van der Waals surface area contributed by atoms with Crippen molar-refractivity contribution in [2.24, 2.45) is 0 Å². The number of benzene rings is 1. The molecule has 6 heteroatoms. The van der Waals surface area contributed by atoms with Crippen molar-refractivity contribution < 1.29 is 8.95 Å². The van der Waals surface area contributed by atoms with Crippen LogP contribution in [0.2, 0.25) is 0 Å². The molecule has 132 valence electrons. The van der Waals surface area contributed by atoms with Gasteiger partial charge in [0.05, 0.1) is 24.7 Å². The molecule has 0 saturated carbocycles. The summed E-state index contributed by atoms with van der Waals surface area (Å²) in [6, 6.07) is 9.53. The summed E-state index contributed by atoms with van der Waals surface area (Å²) in [5, 5.41) is 4.06. The quantitative estimate of drug-likeness (QED) is 0.608. The van der Waals surface area contributed by atoms with Gasteiger partial charge in [0, 0.05) is 5.56 Å². The van der Waals surface area contributed by atoms with Crippen molar-refractivity contribution >= 4 is 40.2 Å². The number of nitrogens with zero attached hydrogens (tertiary/aromatic N) is 1. The Labute approximate surface area is 159 Å². The molecule has 0 aliphatic rings. The van der Waals surface area contributed by atoms with Gasteiger partial charge >= 0.3 is 0 Å². The van der Waals surface area contributed by atoms with E-state index >= 15 is 0 Å². The van der Waals surface area contributed by atoms with Gasteiger partial charge in [-0.1, -0.05) is 25.3 Å². The lowest BCUT2D eigenvalue weighted by atomic mass is 10.1. The maximum atomic E-state index is 12.9. The fourth-order valence-corrected chi connectivity index (χ4v) is 4.14. The summed E-state index contributed by atoms with van der Waals surface area (Å²) in [6.07, 6.45) is 4.97. The molecule has 1 unspecified atom stereocenters. The van der Waals surface area contributed by atoms with Gasteiger partial charge in [0.1, 0.15) is 10.6 Å². The van der Waals surface area contributed by atoms with E-state index in [0.717, 1.165) is 22.4 Å². The highest BCUT2D eigenvalue weighted by Crippen LogP contribution is 2.30. The van der Waals surface area contributed by atoms with Crippen LogP contribution in [0.1, 0.15) is 11.3 Å². The van der Waals surface area contributed by atoms with Crippen molar-refractivity contribution in [3.05, 3.63) is 71.7 Å². The van der Waals surface area contributed by atoms with E-state index in [-0.39, 0.29) is 0 Å². The molecule has 2 aromatic heterocycles. The van der Waals surface area contributed by atoms with Gasteiger partial charge in [-0.05, 0) is 52.2 Å². The number of hydrogen-bond acceptors (Lipinski definition) is 4. The van der Waals surface area contributed by atoms with Crippen molar-refractivity contribution in [3.8, 4) is 16.9 Å². The zero-order valence-electron chi connectivity index (χ0n) is 14.3. The highest BCUT2D eigenvalue weighted by Gasteiger charge is 2.14. The molecule has 2 heterocycles. The number of aromatic nitrogens is 1. The first-order valence-electron chi connectivity index (χ1n) is 7.80. The fourth-order valence-electron chi connectivity index (χ4n) is 2.47. The second-order valence-corrected chi connectivity index (χ2v) is 7.32. The second kappa shape index (κ2) is 8.12. The van der Waals surface area contributed by atoms with E-state index in [4.69, 9.17) is 4.74 Å². The zero-order valence-corrected chi connectivity index (χ0v) is 15.9. The molecule has 0 aliphatic carbocycles. The van der Waals surface area contributed by atoms with Crippen LogP contribution in [0.5, 0.6) is 5.75 Å². The van der Waals surface area contributed by atoms with E-state index in [1.165, 1.54) is 0 Å². The summed E-state index contributed by atoms with van der Waals surface area (Å²) in [6.45, 7) is 7.50. The maximum Gasteiger partial charge on any atom is 0.154 e. The molecule has 3 aromatic rings. The average molecular weight is 383 g/mol. The first-order valence-corrected chi connectivity index (χ1v) is 9.89. The van der Waals surface area contributed by atoms with E-state index in [2.05, 4.69) is 28.2 Å². The van der Waals surface area contributed by atoms with Gasteiger partial charge in [-0.3, -0.25) is 9.71 Å². The summed E-state index contributed by atoms with van der Waals surface area (Å²) in [4.78, 5) is 4.87. The molecule has 4 nitrogen and oxygen atoms in total. The molecule has 0 fully saturated rings. The van der Waals surface area contributed by atoms with Crippen LogP contribution in [0.25, 0.3) is 23.3 Å². The minimum Gasteiger partial charge on any atom is -0.495 e. The highest BCUT2D eigenvalue weighted by atomic mass is 32.2. The topological polar surface area (TPSA) is 51.2 Å². The van der Waals surface area contributed by atoms with E-state index < -0.39 is 11.0 Å². The van der Waals surface area contributed by atoms with E-state index in [1.807, 2.05) is 35.7 Å². The molecular formula is C20H18N2O2S2. The SMILES string of the molecule is C=Cc1cc(NS(=O)c2cc(-c3ccsc3)ccc2OC)cnc1C=C. The molecule has 0 radical (unpaired) electrons. The lowest BCUT2D eigenvalue weighted by molar-refractivity contribution is 0.404. The van der Waals surface area contributed by atoms with Crippen LogP contribution >= 0.6 is 11.3 Å². The molecule has 0 spiro atoms. The van der Waals surface area contributed by atoms with Crippen molar-refractivity contribution in [1.29, 1.82) is 0 Å². The van der Waals surface area contributed by atoms with E-state index in [0.29, 0.717) is 16.3 Å². The number of rotatable bonds is 7. The third-order valence-electron chi connectivity index (χ3n) is 3.79. The maximum absolute atomic E-state index is 12.9. The smallest absolute Gasteiger partial charge is 0.154 e. The number of methoxy groups -OCH3 is 1. The first-order chi connectivity index (χ1) is 12.7. The van der Waals surface area contributed by atoms with Crippen LogP contribution in [0.15, 0.2) is 65.3 Å². The van der Waals surface area contributed by atoms with Crippen molar-refractivity contribution in [3.63, 3.8) is 0 Å². The third kappa shape index (κ3) is 3.76. The predicted octanol–water partition coefficient (Wildman–Crippen LogP) is 5.24. The Morgan fingerprint density at radius 1 is 1.19 bits per heavy atom. The van der Waals surface area contributed by atoms with Gasteiger partial charge in [-0.15, -0.1) is 0 Å². The number of ether oxygens (including phenoxy) is 1. The van der Waals surface area contributed by atoms with Crippen molar-refractivity contribution in [1.82, 2.24) is 4.98 Å². The van der Waals surface area contributed by atoms with Crippen LogP contribution in [0, 0.1) is 0 Å². The summed E-state index contributed by atoms with van der Waals surface area (Å²) in [7, 11) is 0.0578. The van der Waals surface area contributed by atoms with Crippen LogP contribution in [0.4, 0.5) is 5.69 Å². The highest BCUT2D eigenvalue weighted by molar-refractivity contribution is 7.86. The van der Waals surface area contributed by atoms with Crippen LogP contribution < -0.4 is 9.46 Å². The molecular weight excluding hydrogens is 364 g/mol. The Hall–Kier alpha value is -2.70. The molecule has 1 aromatic carbocycles. The lowest BCUT2D eigenvalue weighted by Gasteiger charge is -2.12. The van der Waals surface area contributed by atoms with Gasteiger partial charge < -0.3 is 4.74 Å².